The Morgan fingerprint density at radius 2 is 1.73 bits per heavy atom. The lowest BCUT2D eigenvalue weighted by atomic mass is 10.1. The SMILES string of the molecule is COc1cc(/C=N\NC(=O)c2ccccc2-n2cccc2)c(Br)cc1OCc1ccccc1. The quantitative estimate of drug-likeness (QED) is 0.251. The maximum atomic E-state index is 12.7. The van der Waals surface area contributed by atoms with Gasteiger partial charge in [-0.3, -0.25) is 4.79 Å². The molecule has 0 fully saturated rings. The van der Waals surface area contributed by atoms with Crippen molar-refractivity contribution in [3.8, 4) is 17.2 Å². The van der Waals surface area contributed by atoms with Gasteiger partial charge < -0.3 is 14.0 Å². The average Bonchev–Trinajstić information content (AvgIpc) is 3.39. The van der Waals surface area contributed by atoms with Gasteiger partial charge in [-0.05, 0) is 57.9 Å². The van der Waals surface area contributed by atoms with Crippen LogP contribution in [-0.2, 0) is 6.61 Å². The van der Waals surface area contributed by atoms with Crippen molar-refractivity contribution in [1.29, 1.82) is 0 Å². The molecule has 1 amide bonds. The number of halogens is 1. The number of carbonyl (C=O) groups is 1. The van der Waals surface area contributed by atoms with E-state index in [9.17, 15) is 4.79 Å². The number of aromatic nitrogens is 1. The van der Waals surface area contributed by atoms with Crippen LogP contribution in [0.15, 0.2) is 101 Å². The van der Waals surface area contributed by atoms with Crippen LogP contribution in [0.5, 0.6) is 11.5 Å². The van der Waals surface area contributed by atoms with Crippen LogP contribution in [0.1, 0.15) is 21.5 Å². The Balaban J connectivity index is 1.47. The third-order valence-corrected chi connectivity index (χ3v) is 5.61. The fraction of sp³-hybridized carbons (Fsp3) is 0.0769. The monoisotopic (exact) mass is 503 g/mol. The molecule has 4 rings (SSSR count). The highest BCUT2D eigenvalue weighted by Gasteiger charge is 2.12. The molecule has 0 aliphatic carbocycles. The maximum absolute atomic E-state index is 12.7. The molecule has 0 radical (unpaired) electrons. The number of ether oxygens (including phenoxy) is 2. The molecule has 166 valence electrons. The number of hydrogen-bond acceptors (Lipinski definition) is 4. The second kappa shape index (κ2) is 10.7. The van der Waals surface area contributed by atoms with Crippen molar-refractivity contribution < 1.29 is 14.3 Å². The van der Waals surface area contributed by atoms with Gasteiger partial charge in [0.1, 0.15) is 6.61 Å². The highest BCUT2D eigenvalue weighted by molar-refractivity contribution is 9.10. The third kappa shape index (κ3) is 5.51. The molecule has 1 aromatic heterocycles. The molecule has 0 saturated carbocycles. The van der Waals surface area contributed by atoms with Crippen molar-refractivity contribution in [1.82, 2.24) is 9.99 Å². The second-order valence-corrected chi connectivity index (χ2v) is 7.96. The van der Waals surface area contributed by atoms with Gasteiger partial charge in [0.05, 0.1) is 24.6 Å². The van der Waals surface area contributed by atoms with E-state index in [0.29, 0.717) is 23.7 Å². The number of amides is 1. The number of benzene rings is 3. The average molecular weight is 504 g/mol. The molecule has 3 aromatic carbocycles. The summed E-state index contributed by atoms with van der Waals surface area (Å²) in [7, 11) is 1.58. The van der Waals surface area contributed by atoms with Gasteiger partial charge in [0.15, 0.2) is 11.5 Å². The molecule has 1 heterocycles. The first-order valence-corrected chi connectivity index (χ1v) is 11.0. The molecule has 0 atom stereocenters. The van der Waals surface area contributed by atoms with Crippen LogP contribution in [0.4, 0.5) is 0 Å². The van der Waals surface area contributed by atoms with Gasteiger partial charge in [-0.25, -0.2) is 5.43 Å². The molecule has 7 heteroatoms. The van der Waals surface area contributed by atoms with Crippen molar-refractivity contribution in [3.63, 3.8) is 0 Å². The third-order valence-electron chi connectivity index (χ3n) is 4.92. The predicted octanol–water partition coefficient (Wildman–Crippen LogP) is 5.59. The first kappa shape index (κ1) is 22.4. The van der Waals surface area contributed by atoms with Crippen molar-refractivity contribution in [2.24, 2.45) is 5.10 Å². The molecular weight excluding hydrogens is 482 g/mol. The van der Waals surface area contributed by atoms with Crippen LogP contribution >= 0.6 is 15.9 Å². The molecule has 0 bridgehead atoms. The van der Waals surface area contributed by atoms with Crippen LogP contribution in [0, 0.1) is 0 Å². The molecule has 0 spiro atoms. The fourth-order valence-corrected chi connectivity index (χ4v) is 3.69. The lowest BCUT2D eigenvalue weighted by Crippen LogP contribution is -2.19. The van der Waals surface area contributed by atoms with Crippen molar-refractivity contribution in [3.05, 3.63) is 112 Å². The van der Waals surface area contributed by atoms with Gasteiger partial charge >= 0.3 is 0 Å². The minimum atomic E-state index is -0.304. The van der Waals surface area contributed by atoms with Crippen LogP contribution < -0.4 is 14.9 Å². The number of hydrogen-bond donors (Lipinski definition) is 1. The summed E-state index contributed by atoms with van der Waals surface area (Å²) in [5.41, 5.74) is 5.69. The maximum Gasteiger partial charge on any atom is 0.273 e. The Morgan fingerprint density at radius 3 is 2.48 bits per heavy atom. The summed E-state index contributed by atoms with van der Waals surface area (Å²) in [5.74, 6) is 0.872. The molecule has 4 aromatic rings. The Bertz CT molecular complexity index is 1260. The van der Waals surface area contributed by atoms with E-state index < -0.39 is 0 Å². The van der Waals surface area contributed by atoms with Gasteiger partial charge in [-0.1, -0.05) is 42.5 Å². The van der Waals surface area contributed by atoms with Crippen LogP contribution in [0.2, 0.25) is 0 Å². The number of carbonyl (C=O) groups excluding carboxylic acids is 1. The first-order valence-electron chi connectivity index (χ1n) is 10.3. The van der Waals surface area contributed by atoms with Crippen LogP contribution in [0.25, 0.3) is 5.69 Å². The summed E-state index contributed by atoms with van der Waals surface area (Å²) in [6.07, 6.45) is 5.34. The fourth-order valence-electron chi connectivity index (χ4n) is 3.26. The molecular formula is C26H22BrN3O3. The Labute approximate surface area is 200 Å². The predicted molar refractivity (Wildman–Crippen MR) is 132 cm³/mol. The second-order valence-electron chi connectivity index (χ2n) is 7.11. The number of nitrogens with zero attached hydrogens (tertiary/aromatic N) is 2. The standard InChI is InChI=1S/C26H22BrN3O3/c1-32-24-15-20(22(27)16-25(24)33-18-19-9-3-2-4-10-19)17-28-29-26(31)21-11-5-6-12-23(21)30-13-7-8-14-30/h2-17H,18H2,1H3,(H,29,31)/b28-17-. The zero-order valence-electron chi connectivity index (χ0n) is 17.9. The number of rotatable bonds is 8. The normalized spacial score (nSPS) is 10.8. The molecule has 1 N–H and O–H groups in total. The molecule has 33 heavy (non-hydrogen) atoms. The summed E-state index contributed by atoms with van der Waals surface area (Å²) in [4.78, 5) is 12.7. The highest BCUT2D eigenvalue weighted by atomic mass is 79.9. The molecule has 6 nitrogen and oxygen atoms in total. The minimum Gasteiger partial charge on any atom is -0.493 e. The smallest absolute Gasteiger partial charge is 0.273 e. The van der Waals surface area contributed by atoms with E-state index in [1.54, 1.807) is 25.5 Å². The number of hydrazone groups is 1. The first-order chi connectivity index (χ1) is 16.2. The van der Waals surface area contributed by atoms with E-state index in [4.69, 9.17) is 9.47 Å². The van der Waals surface area contributed by atoms with Crippen LogP contribution in [-0.4, -0.2) is 23.8 Å². The van der Waals surface area contributed by atoms with E-state index in [-0.39, 0.29) is 5.91 Å². The molecule has 0 aliphatic heterocycles. The summed E-state index contributed by atoms with van der Waals surface area (Å²) in [6, 6.07) is 24.7. The topological polar surface area (TPSA) is 64.8 Å². The molecule has 0 unspecified atom stereocenters. The van der Waals surface area contributed by atoms with E-state index >= 15 is 0 Å². The van der Waals surface area contributed by atoms with Crippen LogP contribution in [0.3, 0.4) is 0 Å². The Hall–Kier alpha value is -3.84. The van der Waals surface area contributed by atoms with Gasteiger partial charge in [-0.2, -0.15) is 5.10 Å². The number of nitrogens with one attached hydrogen (secondary N) is 1. The van der Waals surface area contributed by atoms with Crippen molar-refractivity contribution in [2.45, 2.75) is 6.61 Å². The number of para-hydroxylation sites is 1. The van der Waals surface area contributed by atoms with E-state index in [0.717, 1.165) is 21.3 Å². The summed E-state index contributed by atoms with van der Waals surface area (Å²) in [5, 5.41) is 4.14. The van der Waals surface area contributed by atoms with Gasteiger partial charge in [0, 0.05) is 22.4 Å². The van der Waals surface area contributed by atoms with Crippen molar-refractivity contribution >= 4 is 28.1 Å². The van der Waals surface area contributed by atoms with Crippen molar-refractivity contribution in [2.75, 3.05) is 7.11 Å². The summed E-state index contributed by atoms with van der Waals surface area (Å²) >= 11 is 3.54. The lowest BCUT2D eigenvalue weighted by molar-refractivity contribution is 0.0955. The summed E-state index contributed by atoms with van der Waals surface area (Å²) in [6.45, 7) is 0.425. The molecule has 0 saturated heterocycles. The van der Waals surface area contributed by atoms with Gasteiger partial charge in [0.2, 0.25) is 0 Å². The van der Waals surface area contributed by atoms with E-state index in [1.165, 1.54) is 0 Å². The largest absolute Gasteiger partial charge is 0.493 e. The van der Waals surface area contributed by atoms with Gasteiger partial charge in [-0.15, -0.1) is 0 Å². The lowest BCUT2D eigenvalue weighted by Gasteiger charge is -2.13. The van der Waals surface area contributed by atoms with E-state index in [2.05, 4.69) is 26.5 Å². The highest BCUT2D eigenvalue weighted by Crippen LogP contribution is 2.33. The zero-order valence-corrected chi connectivity index (χ0v) is 19.5. The Kier molecular flexibility index (Phi) is 7.22. The minimum absolute atomic E-state index is 0.304. The summed E-state index contributed by atoms with van der Waals surface area (Å²) < 4.78 is 14.1. The van der Waals surface area contributed by atoms with Gasteiger partial charge in [0.25, 0.3) is 5.91 Å². The number of methoxy groups -OCH3 is 1. The molecule has 0 aliphatic rings. The zero-order chi connectivity index (χ0) is 23.0. The van der Waals surface area contributed by atoms with E-state index in [1.807, 2.05) is 83.7 Å². The Morgan fingerprint density at radius 1 is 1.00 bits per heavy atom.